The molecular weight excluding hydrogens is 504 g/mol. The van der Waals surface area contributed by atoms with Gasteiger partial charge >= 0.3 is 0 Å². The summed E-state index contributed by atoms with van der Waals surface area (Å²) in [6, 6.07) is 18.4. The van der Waals surface area contributed by atoms with Gasteiger partial charge in [0.2, 0.25) is 11.2 Å². The second-order valence-electron chi connectivity index (χ2n) is 9.08. The SMILES string of the molecule is COc1ccc(-c2coc3c4c(ccc3c2=O)OC(c2cc(O)cc(O)c2)C(c2ccc(O)c(O)c2)O4)cc1. The quantitative estimate of drug-likeness (QED) is 0.222. The molecule has 6 rings (SSSR count). The lowest BCUT2D eigenvalue weighted by molar-refractivity contribution is 0.0186. The molecule has 0 bridgehead atoms. The Labute approximate surface area is 221 Å². The van der Waals surface area contributed by atoms with Gasteiger partial charge in [0.05, 0.1) is 18.1 Å². The molecule has 0 spiro atoms. The van der Waals surface area contributed by atoms with E-state index in [4.69, 9.17) is 18.6 Å². The maximum absolute atomic E-state index is 13.5. The summed E-state index contributed by atoms with van der Waals surface area (Å²) in [5.41, 5.74) is 1.73. The van der Waals surface area contributed by atoms with Crippen molar-refractivity contribution in [3.63, 3.8) is 0 Å². The van der Waals surface area contributed by atoms with Crippen molar-refractivity contribution in [2.75, 3.05) is 7.11 Å². The van der Waals surface area contributed by atoms with Gasteiger partial charge in [-0.2, -0.15) is 0 Å². The van der Waals surface area contributed by atoms with Crippen molar-refractivity contribution in [1.29, 1.82) is 0 Å². The van der Waals surface area contributed by atoms with Crippen molar-refractivity contribution in [3.8, 4) is 51.4 Å². The Morgan fingerprint density at radius 2 is 1.46 bits per heavy atom. The summed E-state index contributed by atoms with van der Waals surface area (Å²) in [7, 11) is 1.56. The minimum Gasteiger partial charge on any atom is -0.508 e. The first kappa shape index (κ1) is 24.1. The number of rotatable bonds is 4. The van der Waals surface area contributed by atoms with Crippen LogP contribution in [-0.4, -0.2) is 27.5 Å². The van der Waals surface area contributed by atoms with Gasteiger partial charge < -0.3 is 39.1 Å². The molecule has 0 amide bonds. The van der Waals surface area contributed by atoms with Gasteiger partial charge in [-0.3, -0.25) is 4.79 Å². The fourth-order valence-electron chi connectivity index (χ4n) is 4.70. The molecule has 0 saturated carbocycles. The average Bonchev–Trinajstić information content (AvgIpc) is 2.93. The van der Waals surface area contributed by atoms with Gasteiger partial charge in [0.25, 0.3) is 0 Å². The molecule has 5 aromatic rings. The molecule has 2 heterocycles. The number of fused-ring (bicyclic) bond motifs is 3. The van der Waals surface area contributed by atoms with Crippen LogP contribution >= 0.6 is 0 Å². The van der Waals surface area contributed by atoms with E-state index in [0.717, 1.165) is 0 Å². The number of aromatic hydroxyl groups is 4. The molecule has 1 aliphatic heterocycles. The Hall–Kier alpha value is -5.31. The molecule has 2 unspecified atom stereocenters. The number of ether oxygens (including phenoxy) is 3. The highest BCUT2D eigenvalue weighted by atomic mass is 16.6. The third-order valence-electron chi connectivity index (χ3n) is 6.62. The van der Waals surface area contributed by atoms with Gasteiger partial charge in [0, 0.05) is 17.2 Å². The number of phenols is 4. The molecular formula is C30H22O9. The minimum absolute atomic E-state index is 0.167. The van der Waals surface area contributed by atoms with Gasteiger partial charge in [-0.15, -0.1) is 0 Å². The predicted molar refractivity (Wildman–Crippen MR) is 141 cm³/mol. The fraction of sp³-hybridized carbons (Fsp3) is 0.100. The minimum atomic E-state index is -0.928. The molecule has 196 valence electrons. The van der Waals surface area contributed by atoms with E-state index in [0.29, 0.717) is 28.0 Å². The Kier molecular flexibility index (Phi) is 5.68. The molecule has 1 aromatic heterocycles. The molecule has 39 heavy (non-hydrogen) atoms. The van der Waals surface area contributed by atoms with E-state index in [1.165, 1.54) is 36.6 Å². The Morgan fingerprint density at radius 3 is 2.15 bits per heavy atom. The van der Waals surface area contributed by atoms with Crippen LogP contribution in [0.15, 0.2) is 88.3 Å². The smallest absolute Gasteiger partial charge is 0.205 e. The van der Waals surface area contributed by atoms with Crippen molar-refractivity contribution in [1.82, 2.24) is 0 Å². The van der Waals surface area contributed by atoms with E-state index >= 15 is 0 Å². The first-order valence-corrected chi connectivity index (χ1v) is 11.9. The highest BCUT2D eigenvalue weighted by Crippen LogP contribution is 2.50. The summed E-state index contributed by atoms with van der Waals surface area (Å²) in [5, 5.41) is 40.4. The average molecular weight is 526 g/mol. The molecule has 4 N–H and O–H groups in total. The maximum atomic E-state index is 13.5. The van der Waals surface area contributed by atoms with Crippen molar-refractivity contribution >= 4 is 11.0 Å². The van der Waals surface area contributed by atoms with Crippen LogP contribution in [0, 0.1) is 0 Å². The lowest BCUT2D eigenvalue weighted by Crippen LogP contribution is -2.27. The highest BCUT2D eigenvalue weighted by Gasteiger charge is 2.37. The van der Waals surface area contributed by atoms with E-state index < -0.39 is 12.2 Å². The summed E-state index contributed by atoms with van der Waals surface area (Å²) < 4.78 is 23.8. The molecule has 0 fully saturated rings. The van der Waals surface area contributed by atoms with Crippen LogP contribution in [0.4, 0.5) is 0 Å². The van der Waals surface area contributed by atoms with Crippen molar-refractivity contribution in [2.24, 2.45) is 0 Å². The molecule has 9 nitrogen and oxygen atoms in total. The second kappa shape index (κ2) is 9.21. The number of methoxy groups -OCH3 is 1. The third-order valence-corrected chi connectivity index (χ3v) is 6.62. The Balaban J connectivity index is 1.49. The summed E-state index contributed by atoms with van der Waals surface area (Å²) in [6.07, 6.45) is -0.457. The van der Waals surface area contributed by atoms with E-state index in [1.54, 1.807) is 49.6 Å². The van der Waals surface area contributed by atoms with E-state index in [2.05, 4.69) is 0 Å². The van der Waals surface area contributed by atoms with E-state index in [9.17, 15) is 25.2 Å². The molecule has 2 atom stereocenters. The zero-order valence-corrected chi connectivity index (χ0v) is 20.5. The highest BCUT2D eigenvalue weighted by molar-refractivity contribution is 5.88. The predicted octanol–water partition coefficient (Wildman–Crippen LogP) is 5.54. The molecule has 1 aliphatic rings. The number of benzene rings is 4. The number of phenolic OH excluding ortho intramolecular Hbond substituents is 4. The Bertz CT molecular complexity index is 1750. The number of hydrogen-bond donors (Lipinski definition) is 4. The van der Waals surface area contributed by atoms with Crippen LogP contribution < -0.4 is 19.6 Å². The zero-order valence-electron chi connectivity index (χ0n) is 20.5. The van der Waals surface area contributed by atoms with Gasteiger partial charge in [0.1, 0.15) is 23.5 Å². The van der Waals surface area contributed by atoms with Crippen LogP contribution in [-0.2, 0) is 0 Å². The standard InChI is InChI=1S/C30H22O9/c1-36-20-5-2-15(3-6-20)22-14-37-29-21(26(22)35)7-9-25-30(29)39-27(16-4-8-23(33)24(34)12-16)28(38-25)17-10-18(31)13-19(32)11-17/h2-14,27-28,31-34H,1H3. The first-order valence-electron chi connectivity index (χ1n) is 11.9. The summed E-state index contributed by atoms with van der Waals surface area (Å²) >= 11 is 0. The molecule has 0 aliphatic carbocycles. The fourth-order valence-corrected chi connectivity index (χ4v) is 4.70. The lowest BCUT2D eigenvalue weighted by Gasteiger charge is -2.35. The normalized spacial score (nSPS) is 16.2. The van der Waals surface area contributed by atoms with E-state index in [1.807, 2.05) is 0 Å². The van der Waals surface area contributed by atoms with E-state index in [-0.39, 0.29) is 50.9 Å². The largest absolute Gasteiger partial charge is 0.508 e. The molecule has 4 aromatic carbocycles. The van der Waals surface area contributed by atoms with Crippen molar-refractivity contribution in [2.45, 2.75) is 12.2 Å². The van der Waals surface area contributed by atoms with Crippen LogP contribution in [0.25, 0.3) is 22.1 Å². The zero-order chi connectivity index (χ0) is 27.3. The molecule has 9 heteroatoms. The maximum Gasteiger partial charge on any atom is 0.205 e. The van der Waals surface area contributed by atoms with Gasteiger partial charge in [-0.1, -0.05) is 18.2 Å². The molecule has 0 saturated heterocycles. The van der Waals surface area contributed by atoms with Gasteiger partial charge in [0.15, 0.2) is 35.0 Å². The van der Waals surface area contributed by atoms with Gasteiger partial charge in [-0.25, -0.2) is 0 Å². The third kappa shape index (κ3) is 4.19. The Morgan fingerprint density at radius 1 is 0.744 bits per heavy atom. The first-order chi connectivity index (χ1) is 18.8. The van der Waals surface area contributed by atoms with Crippen molar-refractivity contribution in [3.05, 3.63) is 100 Å². The van der Waals surface area contributed by atoms with Gasteiger partial charge in [-0.05, 0) is 54.1 Å². The van der Waals surface area contributed by atoms with Crippen LogP contribution in [0.3, 0.4) is 0 Å². The number of hydrogen-bond acceptors (Lipinski definition) is 9. The summed E-state index contributed by atoms with van der Waals surface area (Å²) in [6.45, 7) is 0. The van der Waals surface area contributed by atoms with Crippen molar-refractivity contribution < 1.29 is 39.1 Å². The monoisotopic (exact) mass is 526 g/mol. The lowest BCUT2D eigenvalue weighted by atomic mass is 9.95. The molecule has 0 radical (unpaired) electrons. The van der Waals surface area contributed by atoms with Crippen LogP contribution in [0.1, 0.15) is 23.3 Å². The topological polar surface area (TPSA) is 139 Å². The van der Waals surface area contributed by atoms with Crippen LogP contribution in [0.2, 0.25) is 0 Å². The van der Waals surface area contributed by atoms with Crippen LogP contribution in [0.5, 0.6) is 40.2 Å². The summed E-state index contributed by atoms with van der Waals surface area (Å²) in [4.78, 5) is 13.5. The summed E-state index contributed by atoms with van der Waals surface area (Å²) in [5.74, 6) is 0.0610. The second-order valence-corrected chi connectivity index (χ2v) is 9.08.